The van der Waals surface area contributed by atoms with Gasteiger partial charge in [0.25, 0.3) is 0 Å². The van der Waals surface area contributed by atoms with Crippen LogP contribution in [-0.2, 0) is 4.74 Å². The third-order valence-corrected chi connectivity index (χ3v) is 6.17. The van der Waals surface area contributed by atoms with E-state index in [9.17, 15) is 14.7 Å². The highest BCUT2D eigenvalue weighted by Gasteiger charge is 2.29. The Bertz CT molecular complexity index is 1350. The number of phenols is 1. The Kier molecular flexibility index (Phi) is 5.78. The second kappa shape index (κ2) is 9.04. The molecular weight excluding hydrogens is 450 g/mol. The molecule has 0 fully saturated rings. The molecule has 0 bridgehead atoms. The summed E-state index contributed by atoms with van der Waals surface area (Å²) >= 11 is 6.12. The number of carbonyl (C=O) groups is 2. The molecule has 0 aromatic heterocycles. The number of nitrogens with one attached hydrogen (secondary N) is 1. The molecule has 0 radical (unpaired) electrons. The molecule has 4 aromatic carbocycles. The summed E-state index contributed by atoms with van der Waals surface area (Å²) in [5.74, 6) is -0.349. The minimum absolute atomic E-state index is 0.0552. The van der Waals surface area contributed by atoms with E-state index in [2.05, 4.69) is 29.6 Å². The molecule has 1 aliphatic carbocycles. The molecule has 0 unspecified atom stereocenters. The second-order valence-corrected chi connectivity index (χ2v) is 8.45. The van der Waals surface area contributed by atoms with Crippen LogP contribution in [0.1, 0.15) is 33.0 Å². The number of rotatable bonds is 5. The molecule has 6 heteroatoms. The molecule has 0 saturated heterocycles. The number of hydrogen-bond donors (Lipinski definition) is 2. The van der Waals surface area contributed by atoms with Crippen LogP contribution in [-0.4, -0.2) is 23.6 Å². The Morgan fingerprint density at radius 3 is 2.12 bits per heavy atom. The Morgan fingerprint density at radius 1 is 0.853 bits per heavy atom. The summed E-state index contributed by atoms with van der Waals surface area (Å²) < 4.78 is 5.60. The van der Waals surface area contributed by atoms with Gasteiger partial charge in [0.15, 0.2) is 5.78 Å². The first-order valence-electron chi connectivity index (χ1n) is 10.8. The Morgan fingerprint density at radius 2 is 1.47 bits per heavy atom. The van der Waals surface area contributed by atoms with Gasteiger partial charge in [-0.25, -0.2) is 4.79 Å². The molecular formula is C28H20ClNO4. The van der Waals surface area contributed by atoms with E-state index in [0.29, 0.717) is 16.3 Å². The van der Waals surface area contributed by atoms with Crippen LogP contribution in [0.2, 0.25) is 5.02 Å². The molecule has 0 saturated carbocycles. The molecule has 168 valence electrons. The average Bonchev–Trinajstić information content (AvgIpc) is 3.17. The van der Waals surface area contributed by atoms with Crippen LogP contribution < -0.4 is 5.32 Å². The van der Waals surface area contributed by atoms with Gasteiger partial charge >= 0.3 is 6.09 Å². The molecule has 0 atom stereocenters. The van der Waals surface area contributed by atoms with E-state index < -0.39 is 6.09 Å². The van der Waals surface area contributed by atoms with Crippen molar-refractivity contribution in [3.63, 3.8) is 0 Å². The topological polar surface area (TPSA) is 75.6 Å². The van der Waals surface area contributed by atoms with Crippen molar-refractivity contribution in [2.45, 2.75) is 5.92 Å². The van der Waals surface area contributed by atoms with Gasteiger partial charge < -0.3 is 9.84 Å². The number of amides is 1. The highest BCUT2D eigenvalue weighted by atomic mass is 35.5. The Balaban J connectivity index is 1.34. The van der Waals surface area contributed by atoms with Gasteiger partial charge in [0, 0.05) is 22.1 Å². The van der Waals surface area contributed by atoms with E-state index in [4.69, 9.17) is 16.3 Å². The SMILES string of the molecule is O=C(Nc1ccc(Cl)cc1C(=O)c1ccc(O)cc1)OCC1c2ccccc2-c2ccccc21. The fraction of sp³-hybridized carbons (Fsp3) is 0.0714. The van der Waals surface area contributed by atoms with Gasteiger partial charge in [-0.15, -0.1) is 0 Å². The van der Waals surface area contributed by atoms with Crippen molar-refractivity contribution in [2.75, 3.05) is 11.9 Å². The van der Waals surface area contributed by atoms with E-state index >= 15 is 0 Å². The Labute approximate surface area is 201 Å². The standard InChI is InChI=1S/C28H20ClNO4/c29-18-11-14-26(24(15-18)27(32)17-9-12-19(31)13-10-17)30-28(33)34-16-25-22-7-3-1-5-20(22)21-6-2-4-8-23(21)25/h1-15,25,31H,16H2,(H,30,33). The van der Waals surface area contributed by atoms with Gasteiger partial charge in [0.2, 0.25) is 0 Å². The highest BCUT2D eigenvalue weighted by molar-refractivity contribution is 6.31. The van der Waals surface area contributed by atoms with Gasteiger partial charge in [0.05, 0.1) is 5.69 Å². The maximum Gasteiger partial charge on any atom is 0.411 e. The molecule has 0 spiro atoms. The largest absolute Gasteiger partial charge is 0.508 e. The minimum atomic E-state index is -0.663. The number of aromatic hydroxyl groups is 1. The summed E-state index contributed by atoms with van der Waals surface area (Å²) in [6, 6.07) is 26.7. The first-order valence-corrected chi connectivity index (χ1v) is 11.1. The minimum Gasteiger partial charge on any atom is -0.508 e. The number of anilines is 1. The summed E-state index contributed by atoms with van der Waals surface area (Å²) in [4.78, 5) is 25.7. The molecule has 0 heterocycles. The van der Waals surface area contributed by atoms with Crippen LogP contribution in [0.3, 0.4) is 0 Å². The van der Waals surface area contributed by atoms with E-state index in [0.717, 1.165) is 22.3 Å². The first kappa shape index (κ1) is 21.7. The Hall–Kier alpha value is -4.09. The van der Waals surface area contributed by atoms with E-state index in [1.54, 1.807) is 12.1 Å². The molecule has 5 nitrogen and oxygen atoms in total. The molecule has 4 aromatic rings. The summed E-state index contributed by atoms with van der Waals surface area (Å²) in [6.07, 6.45) is -0.663. The third-order valence-electron chi connectivity index (χ3n) is 5.94. The number of phenolic OH excluding ortho intramolecular Hbond substituents is 1. The zero-order chi connectivity index (χ0) is 23.7. The molecule has 0 aliphatic heterocycles. The number of halogens is 1. The first-order chi connectivity index (χ1) is 16.5. The predicted molar refractivity (Wildman–Crippen MR) is 132 cm³/mol. The van der Waals surface area contributed by atoms with E-state index in [1.807, 2.05) is 24.3 Å². The maximum absolute atomic E-state index is 13.0. The number of ketones is 1. The number of fused-ring (bicyclic) bond motifs is 3. The van der Waals surface area contributed by atoms with Crippen LogP contribution in [0.4, 0.5) is 10.5 Å². The lowest BCUT2D eigenvalue weighted by Crippen LogP contribution is -2.19. The van der Waals surface area contributed by atoms with Gasteiger partial charge in [-0.05, 0) is 64.7 Å². The van der Waals surface area contributed by atoms with E-state index in [-0.39, 0.29) is 29.6 Å². The lowest BCUT2D eigenvalue weighted by atomic mass is 9.98. The zero-order valence-corrected chi connectivity index (χ0v) is 18.8. The molecule has 1 amide bonds. The van der Waals surface area contributed by atoms with Gasteiger partial charge in [-0.3, -0.25) is 10.1 Å². The van der Waals surface area contributed by atoms with Crippen LogP contribution in [0.15, 0.2) is 91.0 Å². The third kappa shape index (κ3) is 4.14. The normalized spacial score (nSPS) is 12.0. The van der Waals surface area contributed by atoms with Crippen molar-refractivity contribution in [3.8, 4) is 16.9 Å². The van der Waals surface area contributed by atoms with E-state index in [1.165, 1.54) is 30.3 Å². The smallest absolute Gasteiger partial charge is 0.411 e. The van der Waals surface area contributed by atoms with Gasteiger partial charge in [-0.1, -0.05) is 60.1 Å². The summed E-state index contributed by atoms with van der Waals surface area (Å²) in [5, 5.41) is 12.5. The summed E-state index contributed by atoms with van der Waals surface area (Å²) in [7, 11) is 0. The van der Waals surface area contributed by atoms with Crippen molar-refractivity contribution < 1.29 is 19.4 Å². The fourth-order valence-electron chi connectivity index (χ4n) is 4.33. The van der Waals surface area contributed by atoms with Crippen molar-refractivity contribution in [3.05, 3.63) is 118 Å². The average molecular weight is 470 g/mol. The van der Waals surface area contributed by atoms with Gasteiger partial charge in [-0.2, -0.15) is 0 Å². The van der Waals surface area contributed by atoms with Crippen molar-refractivity contribution in [1.29, 1.82) is 0 Å². The van der Waals surface area contributed by atoms with Crippen molar-refractivity contribution in [1.82, 2.24) is 0 Å². The quantitative estimate of drug-likeness (QED) is 0.321. The highest BCUT2D eigenvalue weighted by Crippen LogP contribution is 2.44. The zero-order valence-electron chi connectivity index (χ0n) is 18.0. The molecule has 5 rings (SSSR count). The van der Waals surface area contributed by atoms with Crippen LogP contribution in [0.25, 0.3) is 11.1 Å². The fourth-order valence-corrected chi connectivity index (χ4v) is 4.50. The molecule has 2 N–H and O–H groups in total. The van der Waals surface area contributed by atoms with Crippen LogP contribution in [0, 0.1) is 0 Å². The number of hydrogen-bond acceptors (Lipinski definition) is 4. The summed E-state index contributed by atoms with van der Waals surface area (Å²) in [6.45, 7) is 0.161. The molecule has 34 heavy (non-hydrogen) atoms. The predicted octanol–water partition coefficient (Wildman–Crippen LogP) is 6.64. The second-order valence-electron chi connectivity index (χ2n) is 8.02. The number of carbonyl (C=O) groups excluding carboxylic acids is 2. The summed E-state index contributed by atoms with van der Waals surface area (Å²) in [5.41, 5.74) is 5.40. The number of ether oxygens (including phenoxy) is 1. The molecule has 1 aliphatic rings. The van der Waals surface area contributed by atoms with Crippen LogP contribution in [0.5, 0.6) is 5.75 Å². The maximum atomic E-state index is 13.0. The van der Waals surface area contributed by atoms with Crippen molar-refractivity contribution in [2.24, 2.45) is 0 Å². The van der Waals surface area contributed by atoms with Crippen LogP contribution >= 0.6 is 11.6 Å². The van der Waals surface area contributed by atoms with Crippen molar-refractivity contribution >= 4 is 29.2 Å². The monoisotopic (exact) mass is 469 g/mol. The van der Waals surface area contributed by atoms with Gasteiger partial charge in [0.1, 0.15) is 12.4 Å². The lowest BCUT2D eigenvalue weighted by Gasteiger charge is -2.16. The lowest BCUT2D eigenvalue weighted by molar-refractivity contribution is 0.103. The number of benzene rings is 4.